The molecule has 1 aromatic heterocycles. The van der Waals surface area contributed by atoms with Gasteiger partial charge in [0.25, 0.3) is 11.6 Å². The number of anilines is 1. The van der Waals surface area contributed by atoms with Crippen LogP contribution in [-0.4, -0.2) is 20.8 Å². The van der Waals surface area contributed by atoms with Gasteiger partial charge in [0.05, 0.1) is 17.3 Å². The zero-order valence-corrected chi connectivity index (χ0v) is 11.1. The topological polar surface area (TPSA) is 98.0 Å². The van der Waals surface area contributed by atoms with Gasteiger partial charge in [0.2, 0.25) is 0 Å². The van der Waals surface area contributed by atoms with Gasteiger partial charge < -0.3 is 5.32 Å². The van der Waals surface area contributed by atoms with E-state index in [-0.39, 0.29) is 22.2 Å². The summed E-state index contributed by atoms with van der Waals surface area (Å²) in [6.07, 6.45) is 2.61. The van der Waals surface area contributed by atoms with E-state index in [2.05, 4.69) is 15.3 Å². The van der Waals surface area contributed by atoms with E-state index in [1.165, 1.54) is 24.5 Å². The van der Waals surface area contributed by atoms with Crippen LogP contribution in [0.2, 0.25) is 5.15 Å². The molecule has 0 saturated carbocycles. The summed E-state index contributed by atoms with van der Waals surface area (Å²) >= 11 is 5.65. The lowest BCUT2D eigenvalue weighted by atomic mass is 10.1. The first-order valence-electron chi connectivity index (χ1n) is 5.51. The molecular formula is C12H9ClN4O3. The van der Waals surface area contributed by atoms with Crippen molar-refractivity contribution in [3.05, 3.63) is 57.0 Å². The van der Waals surface area contributed by atoms with Crippen molar-refractivity contribution in [1.29, 1.82) is 0 Å². The largest absolute Gasteiger partial charge is 0.305 e. The molecule has 1 aromatic carbocycles. The van der Waals surface area contributed by atoms with Crippen molar-refractivity contribution in [2.75, 3.05) is 5.32 Å². The Morgan fingerprint density at radius 3 is 2.80 bits per heavy atom. The highest BCUT2D eigenvalue weighted by atomic mass is 35.5. The van der Waals surface area contributed by atoms with Gasteiger partial charge in [-0.1, -0.05) is 17.7 Å². The summed E-state index contributed by atoms with van der Waals surface area (Å²) in [4.78, 5) is 30.0. The van der Waals surface area contributed by atoms with Gasteiger partial charge in [-0.3, -0.25) is 19.9 Å². The van der Waals surface area contributed by atoms with Crippen LogP contribution in [0, 0.1) is 17.0 Å². The van der Waals surface area contributed by atoms with Crippen LogP contribution in [0.4, 0.5) is 11.5 Å². The highest BCUT2D eigenvalue weighted by Gasteiger charge is 2.20. The van der Waals surface area contributed by atoms with Crippen molar-refractivity contribution < 1.29 is 9.72 Å². The smallest absolute Gasteiger partial charge is 0.282 e. The molecule has 0 aliphatic rings. The Morgan fingerprint density at radius 2 is 2.15 bits per heavy atom. The maximum atomic E-state index is 12.1. The number of halogens is 1. The second-order valence-corrected chi connectivity index (χ2v) is 4.35. The monoisotopic (exact) mass is 292 g/mol. The molecule has 1 N–H and O–H groups in total. The van der Waals surface area contributed by atoms with Gasteiger partial charge in [-0.2, -0.15) is 0 Å². The van der Waals surface area contributed by atoms with Gasteiger partial charge in [-0.25, -0.2) is 4.98 Å². The van der Waals surface area contributed by atoms with Gasteiger partial charge in [0.15, 0.2) is 5.82 Å². The van der Waals surface area contributed by atoms with Crippen LogP contribution in [0.3, 0.4) is 0 Å². The molecular weight excluding hydrogens is 284 g/mol. The fourth-order valence-corrected chi connectivity index (χ4v) is 1.72. The molecule has 2 rings (SSSR count). The number of carbonyl (C=O) groups is 1. The Bertz CT molecular complexity index is 690. The van der Waals surface area contributed by atoms with Crippen LogP contribution in [0.5, 0.6) is 0 Å². The summed E-state index contributed by atoms with van der Waals surface area (Å²) in [6.45, 7) is 1.74. The molecule has 0 saturated heterocycles. The minimum atomic E-state index is -0.642. The maximum absolute atomic E-state index is 12.1. The number of nitro benzene ring substituents is 1. The summed E-state index contributed by atoms with van der Waals surface area (Å²) in [5.74, 6) is -0.518. The van der Waals surface area contributed by atoms with Crippen LogP contribution in [0.15, 0.2) is 30.6 Å². The number of aryl methyl sites for hydroxylation is 1. The van der Waals surface area contributed by atoms with Crippen molar-refractivity contribution in [1.82, 2.24) is 9.97 Å². The lowest BCUT2D eigenvalue weighted by molar-refractivity contribution is -0.385. The number of nitrogens with one attached hydrogen (secondary N) is 1. The van der Waals surface area contributed by atoms with Crippen molar-refractivity contribution in [3.63, 3.8) is 0 Å². The molecule has 1 amide bonds. The molecule has 0 radical (unpaired) electrons. The lowest BCUT2D eigenvalue weighted by Gasteiger charge is -2.05. The second-order valence-electron chi connectivity index (χ2n) is 3.96. The predicted octanol–water partition coefficient (Wildman–Crippen LogP) is 2.60. The Morgan fingerprint density at radius 1 is 1.40 bits per heavy atom. The van der Waals surface area contributed by atoms with Gasteiger partial charge in [0.1, 0.15) is 10.7 Å². The molecule has 0 aliphatic heterocycles. The molecule has 0 aliphatic carbocycles. The van der Waals surface area contributed by atoms with Crippen LogP contribution in [0.1, 0.15) is 15.9 Å². The third kappa shape index (κ3) is 3.07. The molecule has 8 heteroatoms. The van der Waals surface area contributed by atoms with Gasteiger partial charge in [-0.15, -0.1) is 0 Å². The summed E-state index contributed by atoms with van der Waals surface area (Å²) in [7, 11) is 0. The Hall–Kier alpha value is -2.54. The number of amides is 1. The maximum Gasteiger partial charge on any atom is 0.282 e. The SMILES string of the molecule is Cc1ccc([N+](=O)[O-])c(C(=O)Nc2cncc(Cl)n2)c1. The molecule has 102 valence electrons. The molecule has 0 unspecified atom stereocenters. The van der Waals surface area contributed by atoms with E-state index in [0.717, 1.165) is 5.56 Å². The van der Waals surface area contributed by atoms with Crippen molar-refractivity contribution in [3.8, 4) is 0 Å². The highest BCUT2D eigenvalue weighted by Crippen LogP contribution is 2.21. The van der Waals surface area contributed by atoms with Crippen molar-refractivity contribution in [2.24, 2.45) is 0 Å². The molecule has 0 spiro atoms. The van der Waals surface area contributed by atoms with Gasteiger partial charge in [-0.05, 0) is 18.6 Å². The Balaban J connectivity index is 2.34. The Kier molecular flexibility index (Phi) is 3.90. The minimum absolute atomic E-state index is 0.0447. The number of nitrogens with zero attached hydrogens (tertiary/aromatic N) is 3. The third-order valence-electron chi connectivity index (χ3n) is 2.44. The molecule has 0 fully saturated rings. The first-order valence-corrected chi connectivity index (χ1v) is 5.89. The normalized spacial score (nSPS) is 10.1. The summed E-state index contributed by atoms with van der Waals surface area (Å²) in [6, 6.07) is 4.29. The first-order chi connectivity index (χ1) is 9.47. The Labute approximate surface area is 118 Å². The van der Waals surface area contributed by atoms with Crippen molar-refractivity contribution >= 4 is 29.0 Å². The van der Waals surface area contributed by atoms with Gasteiger partial charge in [0, 0.05) is 6.07 Å². The van der Waals surface area contributed by atoms with Crippen LogP contribution >= 0.6 is 11.6 Å². The van der Waals surface area contributed by atoms with E-state index in [4.69, 9.17) is 11.6 Å². The van der Waals surface area contributed by atoms with E-state index in [9.17, 15) is 14.9 Å². The zero-order chi connectivity index (χ0) is 14.7. The summed E-state index contributed by atoms with van der Waals surface area (Å²) in [5, 5.41) is 13.5. The van der Waals surface area contributed by atoms with E-state index >= 15 is 0 Å². The number of hydrogen-bond acceptors (Lipinski definition) is 5. The molecule has 2 aromatic rings. The lowest BCUT2D eigenvalue weighted by Crippen LogP contribution is -2.15. The fraction of sp³-hybridized carbons (Fsp3) is 0.0833. The number of carbonyl (C=O) groups excluding carboxylic acids is 1. The molecule has 7 nitrogen and oxygen atoms in total. The number of nitro groups is 1. The zero-order valence-electron chi connectivity index (χ0n) is 10.3. The van der Waals surface area contributed by atoms with E-state index in [1.807, 2.05) is 0 Å². The average Bonchev–Trinajstić information content (AvgIpc) is 2.38. The quantitative estimate of drug-likeness (QED) is 0.692. The number of hydrogen-bond donors (Lipinski definition) is 1. The average molecular weight is 293 g/mol. The van der Waals surface area contributed by atoms with Crippen LogP contribution in [0.25, 0.3) is 0 Å². The minimum Gasteiger partial charge on any atom is -0.305 e. The third-order valence-corrected chi connectivity index (χ3v) is 2.62. The number of aromatic nitrogens is 2. The fourth-order valence-electron chi connectivity index (χ4n) is 1.58. The number of rotatable bonds is 3. The van der Waals surface area contributed by atoms with E-state index in [0.29, 0.717) is 0 Å². The first kappa shape index (κ1) is 13.9. The number of benzene rings is 1. The molecule has 1 heterocycles. The standard InChI is InChI=1S/C12H9ClN4O3/c1-7-2-3-9(17(19)20)8(4-7)12(18)16-11-6-14-5-10(13)15-11/h2-6H,1H3,(H,15,16,18). The van der Waals surface area contributed by atoms with Gasteiger partial charge >= 0.3 is 0 Å². The van der Waals surface area contributed by atoms with Crippen LogP contribution < -0.4 is 5.32 Å². The summed E-state index contributed by atoms with van der Waals surface area (Å²) < 4.78 is 0. The molecule has 0 bridgehead atoms. The highest BCUT2D eigenvalue weighted by molar-refractivity contribution is 6.29. The predicted molar refractivity (Wildman–Crippen MR) is 72.8 cm³/mol. The molecule has 20 heavy (non-hydrogen) atoms. The second kappa shape index (κ2) is 5.62. The van der Waals surface area contributed by atoms with E-state index < -0.39 is 10.8 Å². The molecule has 0 atom stereocenters. The summed E-state index contributed by atoms with van der Waals surface area (Å²) in [5.41, 5.74) is 0.415. The van der Waals surface area contributed by atoms with Crippen LogP contribution in [-0.2, 0) is 0 Å². The van der Waals surface area contributed by atoms with Crippen molar-refractivity contribution in [2.45, 2.75) is 6.92 Å². The van der Waals surface area contributed by atoms with E-state index in [1.54, 1.807) is 13.0 Å².